The lowest BCUT2D eigenvalue weighted by Gasteiger charge is -2.27. The minimum absolute atomic E-state index is 0.137. The zero-order valence-electron chi connectivity index (χ0n) is 19.0. The minimum Gasteiger partial charge on any atom is -0.480 e. The molecule has 1 fully saturated rings. The second kappa shape index (κ2) is 11.4. The summed E-state index contributed by atoms with van der Waals surface area (Å²) in [7, 11) is 0. The fourth-order valence-electron chi connectivity index (χ4n) is 4.03. The smallest absolute Gasteiger partial charge is 0.328 e. The highest BCUT2D eigenvalue weighted by Crippen LogP contribution is 2.21. The van der Waals surface area contributed by atoms with Crippen LogP contribution < -0.4 is 5.32 Å². The van der Waals surface area contributed by atoms with E-state index in [0.29, 0.717) is 6.42 Å². The molecular formula is C25H29N3O6. The van der Waals surface area contributed by atoms with Crippen LogP contribution in [-0.2, 0) is 27.3 Å². The number of urea groups is 1. The largest absolute Gasteiger partial charge is 0.480 e. The number of amides is 3. The van der Waals surface area contributed by atoms with Gasteiger partial charge in [-0.15, -0.1) is 0 Å². The molecule has 0 aromatic heterocycles. The van der Waals surface area contributed by atoms with E-state index in [-0.39, 0.29) is 25.9 Å². The third kappa shape index (κ3) is 5.99. The molecule has 1 heterocycles. The summed E-state index contributed by atoms with van der Waals surface area (Å²) in [4.78, 5) is 52.1. The van der Waals surface area contributed by atoms with Crippen molar-refractivity contribution in [3.05, 3.63) is 71.8 Å². The van der Waals surface area contributed by atoms with Gasteiger partial charge in [0, 0.05) is 6.54 Å². The number of carboxylic acid groups (broad SMARTS) is 2. The minimum atomic E-state index is -1.34. The maximum atomic E-state index is 13.3. The van der Waals surface area contributed by atoms with Crippen molar-refractivity contribution in [2.75, 3.05) is 6.54 Å². The quantitative estimate of drug-likeness (QED) is 0.463. The number of rotatable bonds is 11. The SMILES string of the molecule is CC[C@@H](N[C@@H](CCc1ccccc1)C(=O)O)C(=O)N1C(=O)N(Cc2ccccc2)C[C@H]1C(=O)O. The first-order chi connectivity index (χ1) is 16.3. The molecule has 1 saturated heterocycles. The van der Waals surface area contributed by atoms with Gasteiger partial charge in [-0.05, 0) is 30.4 Å². The van der Waals surface area contributed by atoms with Crippen molar-refractivity contribution >= 4 is 23.9 Å². The van der Waals surface area contributed by atoms with Crippen LogP contribution in [0.25, 0.3) is 0 Å². The van der Waals surface area contributed by atoms with Gasteiger partial charge in [-0.2, -0.15) is 0 Å². The molecule has 3 amide bonds. The molecular weight excluding hydrogens is 438 g/mol. The number of benzene rings is 2. The van der Waals surface area contributed by atoms with E-state index in [1.54, 1.807) is 6.92 Å². The van der Waals surface area contributed by atoms with Crippen LogP contribution in [0.3, 0.4) is 0 Å². The second-order valence-corrected chi connectivity index (χ2v) is 8.25. The zero-order chi connectivity index (χ0) is 24.7. The lowest BCUT2D eigenvalue weighted by Crippen LogP contribution is -2.55. The van der Waals surface area contributed by atoms with Gasteiger partial charge >= 0.3 is 18.0 Å². The van der Waals surface area contributed by atoms with Crippen LogP contribution in [0, 0.1) is 0 Å². The molecule has 1 aliphatic rings. The predicted octanol–water partition coefficient (Wildman–Crippen LogP) is 2.36. The van der Waals surface area contributed by atoms with Crippen molar-refractivity contribution < 1.29 is 29.4 Å². The van der Waals surface area contributed by atoms with Gasteiger partial charge in [0.15, 0.2) is 6.04 Å². The van der Waals surface area contributed by atoms with Gasteiger partial charge in [-0.25, -0.2) is 14.5 Å². The van der Waals surface area contributed by atoms with Crippen molar-refractivity contribution in [2.45, 2.75) is 50.9 Å². The van der Waals surface area contributed by atoms with Crippen molar-refractivity contribution in [2.24, 2.45) is 0 Å². The molecule has 180 valence electrons. The molecule has 0 bridgehead atoms. The Morgan fingerprint density at radius 1 is 0.971 bits per heavy atom. The third-order valence-corrected chi connectivity index (χ3v) is 5.89. The van der Waals surface area contributed by atoms with Crippen molar-refractivity contribution in [3.63, 3.8) is 0 Å². The number of nitrogens with one attached hydrogen (secondary N) is 1. The summed E-state index contributed by atoms with van der Waals surface area (Å²) in [5, 5.41) is 22.2. The monoisotopic (exact) mass is 467 g/mol. The number of carbonyl (C=O) groups is 4. The lowest BCUT2D eigenvalue weighted by molar-refractivity contribution is -0.147. The number of aryl methyl sites for hydroxylation is 1. The van der Waals surface area contributed by atoms with Gasteiger partial charge < -0.3 is 15.1 Å². The van der Waals surface area contributed by atoms with E-state index in [1.807, 2.05) is 60.7 Å². The van der Waals surface area contributed by atoms with Crippen LogP contribution in [0.15, 0.2) is 60.7 Å². The number of carboxylic acids is 2. The number of nitrogens with zero attached hydrogens (tertiary/aromatic N) is 2. The fourth-order valence-corrected chi connectivity index (χ4v) is 4.03. The highest BCUT2D eigenvalue weighted by molar-refractivity contribution is 6.03. The Morgan fingerprint density at radius 2 is 1.56 bits per heavy atom. The summed E-state index contributed by atoms with van der Waals surface area (Å²) in [5.41, 5.74) is 1.78. The summed E-state index contributed by atoms with van der Waals surface area (Å²) < 4.78 is 0. The van der Waals surface area contributed by atoms with E-state index in [9.17, 15) is 29.4 Å². The molecule has 3 atom stereocenters. The van der Waals surface area contributed by atoms with E-state index in [4.69, 9.17) is 0 Å². The molecule has 1 aliphatic heterocycles. The summed E-state index contributed by atoms with van der Waals surface area (Å²) in [6.45, 7) is 1.72. The summed E-state index contributed by atoms with van der Waals surface area (Å²) in [6.07, 6.45) is 0.920. The topological polar surface area (TPSA) is 127 Å². The normalized spacial score (nSPS) is 17.4. The fraction of sp³-hybridized carbons (Fsp3) is 0.360. The van der Waals surface area contributed by atoms with Gasteiger partial charge in [0.1, 0.15) is 6.04 Å². The molecule has 3 N–H and O–H groups in total. The standard InChI is InChI=1S/C25H29N3O6/c1-2-19(26-20(23(30)31)14-13-17-9-5-3-6-10-17)22(29)28-21(24(32)33)16-27(25(28)34)15-18-11-7-4-8-12-18/h3-12,19-21,26H,2,13-16H2,1H3,(H,30,31)(H,32,33)/t19-,20+,21+/m1/s1. The Bertz CT molecular complexity index is 1010. The van der Waals surface area contributed by atoms with Gasteiger partial charge in [0.2, 0.25) is 5.91 Å². The van der Waals surface area contributed by atoms with Crippen LogP contribution in [0.4, 0.5) is 4.79 Å². The summed E-state index contributed by atoms with van der Waals surface area (Å²) in [6, 6.07) is 14.4. The van der Waals surface area contributed by atoms with Gasteiger partial charge in [-0.1, -0.05) is 67.6 Å². The van der Waals surface area contributed by atoms with Gasteiger partial charge in [-0.3, -0.25) is 14.9 Å². The van der Waals surface area contributed by atoms with Crippen LogP contribution in [0.1, 0.15) is 30.9 Å². The summed E-state index contributed by atoms with van der Waals surface area (Å²) in [5.74, 6) is -3.14. The first-order valence-electron chi connectivity index (χ1n) is 11.2. The van der Waals surface area contributed by atoms with E-state index in [1.165, 1.54) is 4.90 Å². The highest BCUT2D eigenvalue weighted by Gasteiger charge is 2.47. The predicted molar refractivity (Wildman–Crippen MR) is 124 cm³/mol. The Morgan fingerprint density at radius 3 is 2.09 bits per heavy atom. The first-order valence-corrected chi connectivity index (χ1v) is 11.2. The molecule has 0 radical (unpaired) electrons. The Hall–Kier alpha value is -3.72. The number of imide groups is 1. The van der Waals surface area contributed by atoms with E-state index in [0.717, 1.165) is 16.0 Å². The van der Waals surface area contributed by atoms with E-state index < -0.39 is 42.0 Å². The third-order valence-electron chi connectivity index (χ3n) is 5.89. The maximum Gasteiger partial charge on any atom is 0.328 e. The lowest BCUT2D eigenvalue weighted by atomic mass is 10.0. The van der Waals surface area contributed by atoms with E-state index in [2.05, 4.69) is 5.32 Å². The average molecular weight is 468 g/mol. The molecule has 2 aromatic rings. The Kier molecular flexibility index (Phi) is 8.37. The highest BCUT2D eigenvalue weighted by atomic mass is 16.4. The average Bonchev–Trinajstić information content (AvgIpc) is 3.16. The number of carbonyl (C=O) groups excluding carboxylic acids is 2. The second-order valence-electron chi connectivity index (χ2n) is 8.25. The molecule has 0 aliphatic carbocycles. The van der Waals surface area contributed by atoms with Gasteiger partial charge in [0.05, 0.1) is 12.6 Å². The molecule has 9 nitrogen and oxygen atoms in total. The van der Waals surface area contributed by atoms with Crippen molar-refractivity contribution in [1.82, 2.24) is 15.1 Å². The van der Waals surface area contributed by atoms with Crippen LogP contribution in [0.2, 0.25) is 0 Å². The Labute approximate surface area is 198 Å². The molecule has 34 heavy (non-hydrogen) atoms. The first kappa shape index (κ1) is 24.9. The molecule has 3 rings (SSSR count). The van der Waals surface area contributed by atoms with Crippen molar-refractivity contribution in [3.8, 4) is 0 Å². The van der Waals surface area contributed by atoms with Gasteiger partial charge in [0.25, 0.3) is 0 Å². The number of aliphatic carboxylic acids is 2. The zero-order valence-corrected chi connectivity index (χ0v) is 19.0. The maximum absolute atomic E-state index is 13.3. The molecule has 2 aromatic carbocycles. The molecule has 9 heteroatoms. The number of hydrogen-bond donors (Lipinski definition) is 3. The molecule has 0 spiro atoms. The molecule has 0 saturated carbocycles. The van der Waals surface area contributed by atoms with Crippen LogP contribution in [0.5, 0.6) is 0 Å². The Balaban J connectivity index is 1.73. The summed E-state index contributed by atoms with van der Waals surface area (Å²) >= 11 is 0. The van der Waals surface area contributed by atoms with Crippen molar-refractivity contribution in [1.29, 1.82) is 0 Å². The van der Waals surface area contributed by atoms with E-state index >= 15 is 0 Å². The van der Waals surface area contributed by atoms with Crippen LogP contribution in [-0.4, -0.2) is 68.6 Å². The number of hydrogen-bond acceptors (Lipinski definition) is 5. The molecule has 0 unspecified atom stereocenters. The van der Waals surface area contributed by atoms with Crippen LogP contribution >= 0.6 is 0 Å².